The number of phenolic OH excluding ortho intramolecular Hbond substituents is 1. The molecule has 0 saturated carbocycles. The van der Waals surface area contributed by atoms with Crippen LogP contribution in [0.1, 0.15) is 42.7 Å². The molecule has 2 fully saturated rings. The number of fused-ring (bicyclic) bond motifs is 1. The Kier molecular flexibility index (Phi) is 16.7. The molecule has 17 heteroatoms. The largest absolute Gasteiger partial charge is 1.00 e. The van der Waals surface area contributed by atoms with Crippen LogP contribution in [0.5, 0.6) is 5.75 Å². The second-order valence-corrected chi connectivity index (χ2v) is 12.5. The van der Waals surface area contributed by atoms with E-state index in [1.165, 1.54) is 39.1 Å². The molecule has 0 radical (unpaired) electrons. The normalized spacial score (nSPS) is 17.3. The fraction of sp³-hybridized carbons (Fsp3) is 0.297. The Hall–Kier alpha value is -4.22. The molecule has 2 heterocycles. The number of carbonyl (C=O) groups is 6. The standard InChI is InChI=1S/C37H40N6O9.2Na.2H/c1-2-17-41-23-32(45)42-30(19-24-11-13-28(44)14-12-24)35(49)40(22-31(42)43(41)37(52)38-20-25-7-4-3-5-8-25)21-26-9-6-10-27(18-26)34(48)39-29(36(50)51)15-16-33(46)47;;;;/h2-14,18,29-31,44H,1,15-17,19-23H2,(H,38,52)(H,39,48)(H,46,47)(H,50,51);;;;/q;2*+1;2*-1/t29-,30-,31-;;;;/m0..../s1. The van der Waals surface area contributed by atoms with Crippen molar-refractivity contribution in [3.05, 3.63) is 114 Å². The molecule has 3 aromatic rings. The third-order valence-electron chi connectivity index (χ3n) is 8.84. The van der Waals surface area contributed by atoms with Crippen molar-refractivity contribution in [1.29, 1.82) is 0 Å². The number of aliphatic carboxylic acids is 2. The summed E-state index contributed by atoms with van der Waals surface area (Å²) in [7, 11) is 0. The van der Waals surface area contributed by atoms with E-state index >= 15 is 0 Å². The van der Waals surface area contributed by atoms with Crippen LogP contribution in [0.3, 0.4) is 0 Å². The zero-order chi connectivity index (χ0) is 37.4. The molecular formula is C37H42N6Na2O9. The van der Waals surface area contributed by atoms with Gasteiger partial charge in [0.15, 0.2) is 0 Å². The van der Waals surface area contributed by atoms with Gasteiger partial charge in [-0.3, -0.25) is 19.2 Å². The van der Waals surface area contributed by atoms with Crippen molar-refractivity contribution >= 4 is 35.7 Å². The van der Waals surface area contributed by atoms with E-state index in [0.29, 0.717) is 11.1 Å². The molecule has 0 unspecified atom stereocenters. The number of hydrogen-bond donors (Lipinski definition) is 5. The summed E-state index contributed by atoms with van der Waals surface area (Å²) in [5.41, 5.74) is 2.15. The summed E-state index contributed by atoms with van der Waals surface area (Å²) < 4.78 is 0. The van der Waals surface area contributed by atoms with E-state index < -0.39 is 54.5 Å². The van der Waals surface area contributed by atoms with Crippen LogP contribution >= 0.6 is 0 Å². The monoisotopic (exact) mass is 760 g/mol. The number of nitrogens with one attached hydrogen (secondary N) is 2. The Morgan fingerprint density at radius 2 is 1.61 bits per heavy atom. The number of aromatic hydroxyl groups is 1. The molecule has 0 spiro atoms. The first-order chi connectivity index (χ1) is 24.9. The molecule has 3 aromatic carbocycles. The number of hydrazine groups is 1. The van der Waals surface area contributed by atoms with Crippen LogP contribution in [0.2, 0.25) is 0 Å². The molecule has 54 heavy (non-hydrogen) atoms. The summed E-state index contributed by atoms with van der Waals surface area (Å²) in [6.07, 6.45) is -0.0167. The molecule has 2 aliphatic heterocycles. The Labute approximate surface area is 359 Å². The van der Waals surface area contributed by atoms with Crippen LogP contribution in [0, 0.1) is 0 Å². The third kappa shape index (κ3) is 11.2. The molecule has 5 amide bonds. The first-order valence-corrected chi connectivity index (χ1v) is 16.6. The number of rotatable bonds is 14. The average Bonchev–Trinajstić information content (AvgIpc) is 3.12. The topological polar surface area (TPSA) is 200 Å². The van der Waals surface area contributed by atoms with Gasteiger partial charge in [-0.2, -0.15) is 0 Å². The predicted octanol–water partition coefficient (Wildman–Crippen LogP) is -3.59. The fourth-order valence-electron chi connectivity index (χ4n) is 6.35. The van der Waals surface area contributed by atoms with Gasteiger partial charge in [-0.25, -0.2) is 19.6 Å². The van der Waals surface area contributed by atoms with Crippen LogP contribution in [0.25, 0.3) is 0 Å². The molecular weight excluding hydrogens is 718 g/mol. The number of carbonyl (C=O) groups excluding carboxylic acids is 4. The van der Waals surface area contributed by atoms with Gasteiger partial charge < -0.3 is 38.6 Å². The fourth-order valence-corrected chi connectivity index (χ4v) is 6.35. The van der Waals surface area contributed by atoms with Gasteiger partial charge in [0.2, 0.25) is 11.8 Å². The first-order valence-electron chi connectivity index (χ1n) is 16.6. The number of piperazine rings is 1. The van der Waals surface area contributed by atoms with Gasteiger partial charge in [-0.05, 0) is 47.4 Å². The van der Waals surface area contributed by atoms with Gasteiger partial charge in [0.25, 0.3) is 5.91 Å². The molecule has 0 aromatic heterocycles. The molecule has 2 aliphatic rings. The van der Waals surface area contributed by atoms with Gasteiger partial charge in [0, 0.05) is 38.0 Å². The first kappa shape index (κ1) is 44.2. The summed E-state index contributed by atoms with van der Waals surface area (Å²) in [4.78, 5) is 80.8. The molecule has 15 nitrogen and oxygen atoms in total. The predicted molar refractivity (Wildman–Crippen MR) is 188 cm³/mol. The van der Waals surface area contributed by atoms with Gasteiger partial charge in [-0.1, -0.05) is 60.7 Å². The van der Waals surface area contributed by atoms with Crippen LogP contribution in [-0.2, 0) is 38.7 Å². The Bertz CT molecular complexity index is 1840. The van der Waals surface area contributed by atoms with Crippen LogP contribution in [-0.4, -0.2) is 109 Å². The van der Waals surface area contributed by atoms with Gasteiger partial charge in [-0.15, -0.1) is 6.58 Å². The second kappa shape index (κ2) is 20.5. The van der Waals surface area contributed by atoms with Gasteiger partial charge in [0.1, 0.15) is 24.0 Å². The van der Waals surface area contributed by atoms with Gasteiger partial charge in [0.05, 0.1) is 13.1 Å². The number of hydrogen-bond acceptors (Lipinski definition) is 8. The van der Waals surface area contributed by atoms with E-state index in [-0.39, 0.29) is 125 Å². The van der Waals surface area contributed by atoms with E-state index in [1.807, 2.05) is 30.3 Å². The zero-order valence-electron chi connectivity index (χ0n) is 32.3. The van der Waals surface area contributed by atoms with Crippen molar-refractivity contribution in [2.45, 2.75) is 50.6 Å². The minimum Gasteiger partial charge on any atom is -1.00 e. The van der Waals surface area contributed by atoms with Crippen molar-refractivity contribution in [2.75, 3.05) is 19.6 Å². The molecule has 276 valence electrons. The number of nitrogens with zero attached hydrogens (tertiary/aromatic N) is 4. The number of amides is 5. The van der Waals surface area contributed by atoms with Gasteiger partial charge >= 0.3 is 77.1 Å². The Morgan fingerprint density at radius 3 is 2.26 bits per heavy atom. The minimum absolute atomic E-state index is 0. The molecule has 5 rings (SSSR count). The van der Waals surface area contributed by atoms with Crippen molar-refractivity contribution in [3.63, 3.8) is 0 Å². The summed E-state index contributed by atoms with van der Waals surface area (Å²) in [6.45, 7) is 3.91. The molecule has 3 atom stereocenters. The number of phenols is 1. The van der Waals surface area contributed by atoms with Crippen LogP contribution in [0.15, 0.2) is 91.5 Å². The number of urea groups is 1. The molecule has 0 bridgehead atoms. The average molecular weight is 761 g/mol. The third-order valence-corrected chi connectivity index (χ3v) is 8.84. The van der Waals surface area contributed by atoms with E-state index in [1.54, 1.807) is 35.4 Å². The van der Waals surface area contributed by atoms with E-state index in [9.17, 15) is 39.0 Å². The maximum Gasteiger partial charge on any atom is 1.00 e. The summed E-state index contributed by atoms with van der Waals surface area (Å²) >= 11 is 0. The van der Waals surface area contributed by atoms with Crippen molar-refractivity contribution < 1.29 is 106 Å². The van der Waals surface area contributed by atoms with E-state index in [2.05, 4.69) is 17.2 Å². The van der Waals surface area contributed by atoms with Crippen molar-refractivity contribution in [3.8, 4) is 5.75 Å². The number of benzene rings is 3. The molecule has 2 saturated heterocycles. The van der Waals surface area contributed by atoms with Crippen molar-refractivity contribution in [2.24, 2.45) is 0 Å². The maximum absolute atomic E-state index is 14.3. The SMILES string of the molecule is C=CCN1CC(=O)N2[C@@H](Cc3ccc(O)cc3)C(=O)N(Cc3cccc(C(=O)N[C@@H](CCC(=O)O)C(=O)O)c3)C[C@@H]2N1C(=O)NCc1ccccc1.[H-].[H-].[Na+].[Na+]. The Morgan fingerprint density at radius 1 is 0.926 bits per heavy atom. The quantitative estimate of drug-likeness (QED) is 0.0809. The summed E-state index contributed by atoms with van der Waals surface area (Å²) in [5, 5.41) is 36.7. The number of carboxylic acids is 2. The molecule has 5 N–H and O–H groups in total. The summed E-state index contributed by atoms with van der Waals surface area (Å²) in [6, 6.07) is 18.9. The Balaban J connectivity index is 0.00000392. The second-order valence-electron chi connectivity index (χ2n) is 12.5. The van der Waals surface area contributed by atoms with Crippen LogP contribution in [0.4, 0.5) is 4.79 Å². The van der Waals surface area contributed by atoms with Crippen molar-refractivity contribution in [1.82, 2.24) is 30.5 Å². The number of carboxylic acid groups (broad SMARTS) is 2. The van der Waals surface area contributed by atoms with E-state index in [0.717, 1.165) is 5.56 Å². The zero-order valence-corrected chi connectivity index (χ0v) is 34.3. The summed E-state index contributed by atoms with van der Waals surface area (Å²) in [5.74, 6) is -4.03. The molecule has 0 aliphatic carbocycles. The minimum atomic E-state index is -1.43. The van der Waals surface area contributed by atoms with E-state index in [4.69, 9.17) is 5.11 Å². The van der Waals surface area contributed by atoms with Crippen LogP contribution < -0.4 is 69.7 Å². The maximum atomic E-state index is 14.3. The smallest absolute Gasteiger partial charge is 1.00 e.